The molecule has 0 spiro atoms. The first kappa shape index (κ1) is 14.1. The SMILES string of the molecule is CCC(C#N)S(=O)(=O)NC(C)(C)c1nccs1. The minimum atomic E-state index is -3.65. The van der Waals surface area contributed by atoms with E-state index < -0.39 is 20.8 Å². The zero-order chi connectivity index (χ0) is 13.1. The van der Waals surface area contributed by atoms with Crippen molar-refractivity contribution in [3.63, 3.8) is 0 Å². The molecule has 0 aliphatic carbocycles. The standard InChI is InChI=1S/C10H15N3O2S2/c1-4-8(7-11)17(14,15)13-10(2,3)9-12-5-6-16-9/h5-6,8,13H,4H2,1-3H3. The third-order valence-corrected chi connectivity index (χ3v) is 5.33. The number of nitrogens with zero attached hydrogens (tertiary/aromatic N) is 2. The third kappa shape index (κ3) is 3.25. The van der Waals surface area contributed by atoms with Gasteiger partial charge in [0.2, 0.25) is 10.0 Å². The number of nitriles is 1. The topological polar surface area (TPSA) is 82.8 Å². The molecule has 1 atom stereocenters. The molecule has 94 valence electrons. The predicted molar refractivity (Wildman–Crippen MR) is 66.9 cm³/mol. The van der Waals surface area contributed by atoms with Crippen molar-refractivity contribution in [3.05, 3.63) is 16.6 Å². The monoisotopic (exact) mass is 273 g/mol. The van der Waals surface area contributed by atoms with E-state index in [2.05, 4.69) is 9.71 Å². The van der Waals surface area contributed by atoms with E-state index in [0.29, 0.717) is 5.01 Å². The lowest BCUT2D eigenvalue weighted by molar-refractivity contribution is 0.466. The van der Waals surface area contributed by atoms with E-state index in [1.807, 2.05) is 0 Å². The van der Waals surface area contributed by atoms with Crippen molar-refractivity contribution in [1.29, 1.82) is 5.26 Å². The van der Waals surface area contributed by atoms with Gasteiger partial charge in [0, 0.05) is 11.6 Å². The van der Waals surface area contributed by atoms with E-state index in [9.17, 15) is 8.42 Å². The number of hydrogen-bond acceptors (Lipinski definition) is 5. The molecular formula is C10H15N3O2S2. The van der Waals surface area contributed by atoms with Crippen molar-refractivity contribution in [3.8, 4) is 6.07 Å². The lowest BCUT2D eigenvalue weighted by atomic mass is 10.1. The minimum Gasteiger partial charge on any atom is -0.248 e. The molecule has 0 bridgehead atoms. The fourth-order valence-corrected chi connectivity index (χ4v) is 3.69. The zero-order valence-electron chi connectivity index (χ0n) is 9.97. The smallest absolute Gasteiger partial charge is 0.228 e. The van der Waals surface area contributed by atoms with E-state index in [-0.39, 0.29) is 6.42 Å². The highest BCUT2D eigenvalue weighted by molar-refractivity contribution is 7.90. The van der Waals surface area contributed by atoms with Crippen molar-refractivity contribution < 1.29 is 8.42 Å². The highest BCUT2D eigenvalue weighted by Crippen LogP contribution is 2.24. The van der Waals surface area contributed by atoms with E-state index in [1.165, 1.54) is 11.3 Å². The van der Waals surface area contributed by atoms with Crippen molar-refractivity contribution in [2.24, 2.45) is 0 Å². The van der Waals surface area contributed by atoms with Crippen LogP contribution < -0.4 is 4.72 Å². The number of nitrogens with one attached hydrogen (secondary N) is 1. The maximum atomic E-state index is 11.9. The molecule has 1 rings (SSSR count). The third-order valence-electron chi connectivity index (χ3n) is 2.25. The number of aromatic nitrogens is 1. The van der Waals surface area contributed by atoms with Crippen LogP contribution in [-0.4, -0.2) is 18.7 Å². The van der Waals surface area contributed by atoms with Crippen molar-refractivity contribution >= 4 is 21.4 Å². The Hall–Kier alpha value is -0.970. The quantitative estimate of drug-likeness (QED) is 0.883. The highest BCUT2D eigenvalue weighted by atomic mass is 32.2. The van der Waals surface area contributed by atoms with Crippen LogP contribution in [0.15, 0.2) is 11.6 Å². The summed E-state index contributed by atoms with van der Waals surface area (Å²) in [5.41, 5.74) is -0.794. The molecule has 1 N–H and O–H groups in total. The summed E-state index contributed by atoms with van der Waals surface area (Å²) in [6.45, 7) is 5.13. The van der Waals surface area contributed by atoms with Gasteiger partial charge in [-0.25, -0.2) is 18.1 Å². The lowest BCUT2D eigenvalue weighted by Crippen LogP contribution is -2.45. The molecule has 17 heavy (non-hydrogen) atoms. The average Bonchev–Trinajstić information content (AvgIpc) is 2.70. The van der Waals surface area contributed by atoms with Gasteiger partial charge in [0.05, 0.1) is 11.6 Å². The summed E-state index contributed by atoms with van der Waals surface area (Å²) in [5.74, 6) is 0. The van der Waals surface area contributed by atoms with Gasteiger partial charge in [-0.15, -0.1) is 11.3 Å². The van der Waals surface area contributed by atoms with E-state index >= 15 is 0 Å². The van der Waals surface area contributed by atoms with Gasteiger partial charge in [-0.3, -0.25) is 0 Å². The summed E-state index contributed by atoms with van der Waals surface area (Å²) in [7, 11) is -3.65. The molecule has 1 heterocycles. The highest BCUT2D eigenvalue weighted by Gasteiger charge is 2.33. The molecule has 7 heteroatoms. The van der Waals surface area contributed by atoms with Crippen molar-refractivity contribution in [2.75, 3.05) is 0 Å². The summed E-state index contributed by atoms with van der Waals surface area (Å²) in [4.78, 5) is 4.09. The Kier molecular flexibility index (Phi) is 4.25. The van der Waals surface area contributed by atoms with Crippen molar-refractivity contribution in [2.45, 2.75) is 38.0 Å². The van der Waals surface area contributed by atoms with Gasteiger partial charge in [-0.1, -0.05) is 6.92 Å². The molecule has 5 nitrogen and oxygen atoms in total. The molecule has 0 amide bonds. The fraction of sp³-hybridized carbons (Fsp3) is 0.600. The molecule has 0 aliphatic rings. The summed E-state index contributed by atoms with van der Waals surface area (Å²) in [6.07, 6.45) is 1.89. The van der Waals surface area contributed by atoms with Gasteiger partial charge in [0.25, 0.3) is 0 Å². The molecule has 0 saturated carbocycles. The normalized spacial score (nSPS) is 14.2. The molecule has 0 fully saturated rings. The largest absolute Gasteiger partial charge is 0.248 e. The Morgan fingerprint density at radius 2 is 2.29 bits per heavy atom. The Balaban J connectivity index is 2.96. The minimum absolute atomic E-state index is 0.264. The van der Waals surface area contributed by atoms with E-state index in [0.717, 1.165) is 0 Å². The molecular weight excluding hydrogens is 258 g/mol. The molecule has 0 aromatic carbocycles. The second kappa shape index (κ2) is 5.12. The summed E-state index contributed by atoms with van der Waals surface area (Å²) in [6, 6.07) is 1.79. The van der Waals surface area contributed by atoms with E-state index in [4.69, 9.17) is 5.26 Å². The predicted octanol–water partition coefficient (Wildman–Crippen LogP) is 1.60. The molecule has 0 aliphatic heterocycles. The summed E-state index contributed by atoms with van der Waals surface area (Å²) >= 11 is 1.38. The van der Waals surface area contributed by atoms with E-state index in [1.54, 1.807) is 38.4 Å². The zero-order valence-corrected chi connectivity index (χ0v) is 11.6. The molecule has 1 aromatic heterocycles. The number of thiazole rings is 1. The van der Waals surface area contributed by atoms with Crippen molar-refractivity contribution in [1.82, 2.24) is 9.71 Å². The first-order chi connectivity index (χ1) is 7.83. The van der Waals surface area contributed by atoms with Crippen LogP contribution in [0.4, 0.5) is 0 Å². The van der Waals surface area contributed by atoms with Crippen LogP contribution in [0.5, 0.6) is 0 Å². The Morgan fingerprint density at radius 3 is 2.71 bits per heavy atom. The molecule has 1 unspecified atom stereocenters. The van der Waals surface area contributed by atoms with Crippen LogP contribution in [0.2, 0.25) is 0 Å². The van der Waals surface area contributed by atoms with Crippen LogP contribution in [0, 0.1) is 11.3 Å². The Labute approximate surface area is 106 Å². The van der Waals surface area contributed by atoms with Crippen LogP contribution in [0.3, 0.4) is 0 Å². The van der Waals surface area contributed by atoms with Crippen LogP contribution >= 0.6 is 11.3 Å². The number of rotatable bonds is 5. The Bertz CT molecular complexity index is 500. The molecule has 0 saturated heterocycles. The van der Waals surface area contributed by atoms with Gasteiger partial charge >= 0.3 is 0 Å². The lowest BCUT2D eigenvalue weighted by Gasteiger charge is -2.24. The number of hydrogen-bond donors (Lipinski definition) is 1. The maximum Gasteiger partial charge on any atom is 0.228 e. The van der Waals surface area contributed by atoms with Gasteiger partial charge in [-0.2, -0.15) is 5.26 Å². The first-order valence-corrected chi connectivity index (χ1v) is 7.58. The average molecular weight is 273 g/mol. The number of sulfonamides is 1. The molecule has 1 aromatic rings. The van der Waals surface area contributed by atoms with Gasteiger partial charge in [0.15, 0.2) is 5.25 Å². The van der Waals surface area contributed by atoms with Crippen LogP contribution in [0.1, 0.15) is 32.2 Å². The second-order valence-electron chi connectivity index (χ2n) is 4.14. The molecule has 0 radical (unpaired) electrons. The fourth-order valence-electron chi connectivity index (χ4n) is 1.38. The second-order valence-corrected chi connectivity index (χ2v) is 6.89. The van der Waals surface area contributed by atoms with Crippen LogP contribution in [-0.2, 0) is 15.6 Å². The summed E-state index contributed by atoms with van der Waals surface area (Å²) in [5, 5.41) is 10.2. The Morgan fingerprint density at radius 1 is 1.65 bits per heavy atom. The summed E-state index contributed by atoms with van der Waals surface area (Å²) < 4.78 is 26.4. The van der Waals surface area contributed by atoms with Gasteiger partial charge in [0.1, 0.15) is 5.01 Å². The van der Waals surface area contributed by atoms with Gasteiger partial charge < -0.3 is 0 Å². The van der Waals surface area contributed by atoms with Crippen LogP contribution in [0.25, 0.3) is 0 Å². The maximum absolute atomic E-state index is 11.9. The first-order valence-electron chi connectivity index (χ1n) is 5.16. The van der Waals surface area contributed by atoms with Gasteiger partial charge in [-0.05, 0) is 20.3 Å².